The van der Waals surface area contributed by atoms with Crippen molar-refractivity contribution in [1.29, 1.82) is 0 Å². The molecule has 1 saturated heterocycles. The van der Waals surface area contributed by atoms with E-state index >= 15 is 0 Å². The molecule has 6 heteroatoms. The predicted octanol–water partition coefficient (Wildman–Crippen LogP) is 2.62. The summed E-state index contributed by atoms with van der Waals surface area (Å²) in [6.07, 6.45) is 6.48. The Balaban J connectivity index is 1.39. The van der Waals surface area contributed by atoms with Gasteiger partial charge in [0, 0.05) is 50.1 Å². The van der Waals surface area contributed by atoms with Crippen LogP contribution in [0.15, 0.2) is 17.3 Å². The first kappa shape index (κ1) is 17.5. The molecule has 1 aromatic heterocycles. The highest BCUT2D eigenvalue weighted by atomic mass is 16.2. The van der Waals surface area contributed by atoms with Crippen LogP contribution in [0.5, 0.6) is 0 Å². The van der Waals surface area contributed by atoms with Gasteiger partial charge in [0.2, 0.25) is 5.91 Å². The summed E-state index contributed by atoms with van der Waals surface area (Å²) in [5.74, 6) is 2.18. The van der Waals surface area contributed by atoms with Crippen molar-refractivity contribution >= 4 is 11.7 Å². The Morgan fingerprint density at radius 2 is 1.73 bits per heavy atom. The van der Waals surface area contributed by atoms with E-state index in [0.717, 1.165) is 63.0 Å². The molecule has 6 nitrogen and oxygen atoms in total. The lowest BCUT2D eigenvalue weighted by Gasteiger charge is -2.41. The fraction of sp³-hybridized carbons (Fsp3) is 0.650. The summed E-state index contributed by atoms with van der Waals surface area (Å²) in [5.41, 5.74) is 3.91. The molecule has 0 atom stereocenters. The van der Waals surface area contributed by atoms with Crippen molar-refractivity contribution in [1.82, 2.24) is 19.8 Å². The number of hydrogen-bond donors (Lipinski definition) is 0. The van der Waals surface area contributed by atoms with Crippen molar-refractivity contribution < 1.29 is 4.79 Å². The van der Waals surface area contributed by atoms with E-state index < -0.39 is 0 Å². The standard InChI is InChI=1S/C20H29N5O/c1-15-13-19(22-16(2)21-15)24-11-9-23(10-12-24)14-25-18-6-4-3-5-17(18)7-8-20(25)26/h13H,3-12,14H2,1-2H3. The topological polar surface area (TPSA) is 52.6 Å². The predicted molar refractivity (Wildman–Crippen MR) is 102 cm³/mol. The van der Waals surface area contributed by atoms with Crippen LogP contribution >= 0.6 is 0 Å². The lowest BCUT2D eigenvalue weighted by atomic mass is 9.89. The molecule has 140 valence electrons. The fourth-order valence-corrected chi connectivity index (χ4v) is 4.43. The largest absolute Gasteiger partial charge is 0.354 e. The average molecular weight is 355 g/mol. The van der Waals surface area contributed by atoms with Crippen LogP contribution in [-0.4, -0.2) is 58.5 Å². The normalized spacial score (nSPS) is 22.0. The van der Waals surface area contributed by atoms with Gasteiger partial charge in [0.25, 0.3) is 0 Å². The maximum absolute atomic E-state index is 12.5. The highest BCUT2D eigenvalue weighted by Gasteiger charge is 2.30. The van der Waals surface area contributed by atoms with Gasteiger partial charge in [-0.2, -0.15) is 0 Å². The van der Waals surface area contributed by atoms with Crippen molar-refractivity contribution in [3.8, 4) is 0 Å². The number of carbonyl (C=O) groups is 1. The molecule has 1 aliphatic carbocycles. The van der Waals surface area contributed by atoms with Crippen LogP contribution in [-0.2, 0) is 4.79 Å². The number of amides is 1. The Bertz CT molecular complexity index is 701. The van der Waals surface area contributed by atoms with Crippen LogP contribution in [0.3, 0.4) is 0 Å². The van der Waals surface area contributed by atoms with Crippen molar-refractivity contribution in [3.05, 3.63) is 28.9 Å². The number of anilines is 1. The molecule has 0 N–H and O–H groups in total. The zero-order chi connectivity index (χ0) is 18.1. The second-order valence-corrected chi connectivity index (χ2v) is 7.74. The Kier molecular flexibility index (Phi) is 4.94. The number of nitrogens with zero attached hydrogens (tertiary/aromatic N) is 5. The maximum Gasteiger partial charge on any atom is 0.228 e. The van der Waals surface area contributed by atoms with Crippen molar-refractivity contribution in [2.45, 2.75) is 52.4 Å². The average Bonchev–Trinajstić information content (AvgIpc) is 2.64. The Morgan fingerprint density at radius 3 is 2.50 bits per heavy atom. The lowest BCUT2D eigenvalue weighted by molar-refractivity contribution is -0.132. The van der Waals surface area contributed by atoms with Crippen molar-refractivity contribution in [2.75, 3.05) is 37.7 Å². The summed E-state index contributed by atoms with van der Waals surface area (Å²) >= 11 is 0. The lowest BCUT2D eigenvalue weighted by Crippen LogP contribution is -2.52. The Morgan fingerprint density at radius 1 is 0.962 bits per heavy atom. The van der Waals surface area contributed by atoms with E-state index in [1.165, 1.54) is 25.0 Å². The van der Waals surface area contributed by atoms with Gasteiger partial charge in [-0.25, -0.2) is 9.97 Å². The van der Waals surface area contributed by atoms with Gasteiger partial charge in [0.1, 0.15) is 11.6 Å². The molecule has 0 radical (unpaired) electrons. The van der Waals surface area contributed by atoms with Gasteiger partial charge < -0.3 is 9.80 Å². The number of rotatable bonds is 3. The SMILES string of the molecule is Cc1cc(N2CCN(CN3C(=O)CCC4=C3CCCC4)CC2)nc(C)n1. The van der Waals surface area contributed by atoms with E-state index in [-0.39, 0.29) is 0 Å². The summed E-state index contributed by atoms with van der Waals surface area (Å²) in [6.45, 7) is 8.56. The van der Waals surface area contributed by atoms with E-state index in [4.69, 9.17) is 0 Å². The first-order valence-electron chi connectivity index (χ1n) is 9.91. The number of hydrogen-bond acceptors (Lipinski definition) is 5. The molecule has 0 bridgehead atoms. The quantitative estimate of drug-likeness (QED) is 0.834. The molecule has 0 aromatic carbocycles. The summed E-state index contributed by atoms with van der Waals surface area (Å²) in [6, 6.07) is 2.07. The number of aryl methyl sites for hydroxylation is 2. The molecule has 0 unspecified atom stereocenters. The van der Waals surface area contributed by atoms with Crippen LogP contribution in [0.2, 0.25) is 0 Å². The summed E-state index contributed by atoms with van der Waals surface area (Å²) in [7, 11) is 0. The number of carbonyl (C=O) groups excluding carboxylic acids is 1. The molecule has 4 rings (SSSR count). The second-order valence-electron chi connectivity index (χ2n) is 7.74. The molecule has 3 aliphatic rings. The highest BCUT2D eigenvalue weighted by molar-refractivity contribution is 5.80. The van der Waals surface area contributed by atoms with Crippen LogP contribution in [0.1, 0.15) is 50.0 Å². The van der Waals surface area contributed by atoms with E-state index in [1.807, 2.05) is 13.8 Å². The molecular weight excluding hydrogens is 326 g/mol. The first-order valence-corrected chi connectivity index (χ1v) is 9.91. The molecule has 3 heterocycles. The molecular formula is C20H29N5O. The number of allylic oxidation sites excluding steroid dienone is 2. The van der Waals surface area contributed by atoms with E-state index in [0.29, 0.717) is 12.3 Å². The third-order valence-electron chi connectivity index (χ3n) is 5.81. The van der Waals surface area contributed by atoms with Crippen molar-refractivity contribution in [2.24, 2.45) is 0 Å². The summed E-state index contributed by atoms with van der Waals surface area (Å²) < 4.78 is 0. The minimum absolute atomic E-state index is 0.315. The van der Waals surface area contributed by atoms with Gasteiger partial charge in [-0.15, -0.1) is 0 Å². The zero-order valence-electron chi connectivity index (χ0n) is 16.0. The first-order chi connectivity index (χ1) is 12.6. The molecule has 0 spiro atoms. The van der Waals surface area contributed by atoms with Gasteiger partial charge in [-0.05, 0) is 46.0 Å². The summed E-state index contributed by atoms with van der Waals surface area (Å²) in [4.78, 5) is 28.3. The molecule has 0 saturated carbocycles. The smallest absolute Gasteiger partial charge is 0.228 e. The minimum Gasteiger partial charge on any atom is -0.354 e. The van der Waals surface area contributed by atoms with Crippen molar-refractivity contribution in [3.63, 3.8) is 0 Å². The van der Waals surface area contributed by atoms with Gasteiger partial charge in [-0.1, -0.05) is 5.57 Å². The summed E-state index contributed by atoms with van der Waals surface area (Å²) in [5, 5.41) is 0. The van der Waals surface area contributed by atoms with E-state index in [9.17, 15) is 4.79 Å². The van der Waals surface area contributed by atoms with E-state index in [1.54, 1.807) is 5.57 Å². The monoisotopic (exact) mass is 355 g/mol. The van der Waals surface area contributed by atoms with Crippen LogP contribution in [0, 0.1) is 13.8 Å². The zero-order valence-corrected chi connectivity index (χ0v) is 16.0. The van der Waals surface area contributed by atoms with E-state index in [2.05, 4.69) is 30.7 Å². The third kappa shape index (κ3) is 3.61. The third-order valence-corrected chi connectivity index (χ3v) is 5.81. The van der Waals surface area contributed by atoms with Gasteiger partial charge >= 0.3 is 0 Å². The number of piperazine rings is 1. The van der Waals surface area contributed by atoms with Gasteiger partial charge in [0.05, 0.1) is 6.67 Å². The van der Waals surface area contributed by atoms with Crippen LogP contribution in [0.4, 0.5) is 5.82 Å². The second kappa shape index (κ2) is 7.35. The Labute approximate surface area is 155 Å². The molecule has 2 aliphatic heterocycles. The molecule has 1 aromatic rings. The van der Waals surface area contributed by atoms with Gasteiger partial charge in [-0.3, -0.25) is 9.69 Å². The van der Waals surface area contributed by atoms with Crippen LogP contribution in [0.25, 0.3) is 0 Å². The van der Waals surface area contributed by atoms with Crippen LogP contribution < -0.4 is 4.90 Å². The minimum atomic E-state index is 0.315. The fourth-order valence-electron chi connectivity index (χ4n) is 4.43. The maximum atomic E-state index is 12.5. The molecule has 1 amide bonds. The Hall–Kier alpha value is -1.95. The molecule has 26 heavy (non-hydrogen) atoms. The van der Waals surface area contributed by atoms with Gasteiger partial charge in [0.15, 0.2) is 0 Å². The molecule has 1 fully saturated rings. The highest BCUT2D eigenvalue weighted by Crippen LogP contribution is 2.34. The number of aromatic nitrogens is 2.